The Hall–Kier alpha value is -2.75. The van der Waals surface area contributed by atoms with Gasteiger partial charge in [0.2, 0.25) is 0 Å². The summed E-state index contributed by atoms with van der Waals surface area (Å²) in [7, 11) is 3.44. The van der Waals surface area contributed by atoms with Crippen LogP contribution in [0.3, 0.4) is 0 Å². The molecule has 174 valence electrons. The molecular formula is C24H29N5O3S. The number of carbonyl (C=O) groups excluding carboxylic acids is 1. The number of esters is 1. The highest BCUT2D eigenvalue weighted by molar-refractivity contribution is 7.98. The maximum atomic E-state index is 11.6. The van der Waals surface area contributed by atoms with Gasteiger partial charge in [0.1, 0.15) is 5.82 Å². The fraction of sp³-hybridized carbons (Fsp3) is 0.417. The van der Waals surface area contributed by atoms with Gasteiger partial charge < -0.3 is 14.0 Å². The molecule has 1 aliphatic heterocycles. The first kappa shape index (κ1) is 23.4. The van der Waals surface area contributed by atoms with Gasteiger partial charge in [-0.2, -0.15) is 0 Å². The Morgan fingerprint density at radius 1 is 1.21 bits per heavy atom. The molecule has 0 unspecified atom stereocenters. The first-order valence-corrected chi connectivity index (χ1v) is 12.0. The lowest BCUT2D eigenvalue weighted by molar-refractivity contribution is 0.0600. The van der Waals surface area contributed by atoms with E-state index in [0.717, 1.165) is 60.5 Å². The molecule has 0 radical (unpaired) electrons. The molecule has 0 aliphatic carbocycles. The van der Waals surface area contributed by atoms with Gasteiger partial charge in [-0.05, 0) is 49.7 Å². The van der Waals surface area contributed by atoms with Crippen LogP contribution in [0.15, 0.2) is 53.8 Å². The normalized spacial score (nSPS) is 15.8. The molecule has 3 aromatic rings. The number of nitrogens with zero attached hydrogens (tertiary/aromatic N) is 5. The molecule has 0 bridgehead atoms. The molecule has 2 aromatic heterocycles. The molecule has 1 aliphatic rings. The molecule has 1 aromatic carbocycles. The Morgan fingerprint density at radius 2 is 2.06 bits per heavy atom. The second-order valence-electron chi connectivity index (χ2n) is 8.11. The fourth-order valence-electron chi connectivity index (χ4n) is 3.81. The quantitative estimate of drug-likeness (QED) is 0.331. The van der Waals surface area contributed by atoms with E-state index in [1.807, 2.05) is 36.5 Å². The van der Waals surface area contributed by atoms with Crippen LogP contribution in [0.25, 0.3) is 0 Å². The van der Waals surface area contributed by atoms with Crippen LogP contribution in [-0.4, -0.2) is 57.5 Å². The summed E-state index contributed by atoms with van der Waals surface area (Å²) in [6, 6.07) is 13.4. The van der Waals surface area contributed by atoms with E-state index in [0.29, 0.717) is 12.1 Å². The van der Waals surface area contributed by atoms with E-state index in [1.54, 1.807) is 23.9 Å². The summed E-state index contributed by atoms with van der Waals surface area (Å²) >= 11 is 1.65. The summed E-state index contributed by atoms with van der Waals surface area (Å²) in [6.45, 7) is 2.96. The van der Waals surface area contributed by atoms with Gasteiger partial charge in [-0.15, -0.1) is 10.2 Å². The molecule has 1 atom stereocenters. The highest BCUT2D eigenvalue weighted by Gasteiger charge is 2.22. The van der Waals surface area contributed by atoms with Gasteiger partial charge in [-0.3, -0.25) is 9.88 Å². The third-order valence-electron chi connectivity index (χ3n) is 5.52. The number of thioether (sulfide) groups is 1. The van der Waals surface area contributed by atoms with E-state index in [1.165, 1.54) is 7.11 Å². The second kappa shape index (κ2) is 11.4. The van der Waals surface area contributed by atoms with Gasteiger partial charge >= 0.3 is 5.97 Å². The Morgan fingerprint density at radius 3 is 2.76 bits per heavy atom. The van der Waals surface area contributed by atoms with Crippen LogP contribution in [0.4, 0.5) is 0 Å². The minimum Gasteiger partial charge on any atom is -0.465 e. The third kappa shape index (κ3) is 6.40. The third-order valence-corrected chi connectivity index (χ3v) is 6.52. The van der Waals surface area contributed by atoms with Gasteiger partial charge in [-0.25, -0.2) is 4.79 Å². The number of aromatic nitrogens is 4. The van der Waals surface area contributed by atoms with Crippen molar-refractivity contribution in [1.82, 2.24) is 24.6 Å². The average molecular weight is 468 g/mol. The number of ether oxygens (including phenoxy) is 2. The van der Waals surface area contributed by atoms with E-state index in [2.05, 4.69) is 31.7 Å². The molecule has 1 fully saturated rings. The van der Waals surface area contributed by atoms with Crippen molar-refractivity contribution < 1.29 is 14.3 Å². The maximum absolute atomic E-state index is 11.6. The molecule has 1 saturated heterocycles. The Bertz CT molecular complexity index is 1040. The first-order valence-electron chi connectivity index (χ1n) is 11.0. The predicted octanol–water partition coefficient (Wildman–Crippen LogP) is 3.56. The van der Waals surface area contributed by atoms with Gasteiger partial charge in [0, 0.05) is 25.1 Å². The predicted molar refractivity (Wildman–Crippen MR) is 126 cm³/mol. The van der Waals surface area contributed by atoms with Crippen molar-refractivity contribution in [3.8, 4) is 0 Å². The number of methoxy groups -OCH3 is 1. The average Bonchev–Trinajstić information content (AvgIpc) is 3.49. The zero-order valence-corrected chi connectivity index (χ0v) is 19.8. The van der Waals surface area contributed by atoms with Crippen molar-refractivity contribution in [1.29, 1.82) is 0 Å². The minimum absolute atomic E-state index is 0.199. The zero-order valence-electron chi connectivity index (χ0n) is 19.0. The van der Waals surface area contributed by atoms with Gasteiger partial charge in [0.15, 0.2) is 5.16 Å². The summed E-state index contributed by atoms with van der Waals surface area (Å²) in [5, 5.41) is 9.89. The lowest BCUT2D eigenvalue weighted by atomic mass is 10.1. The van der Waals surface area contributed by atoms with Crippen LogP contribution in [-0.2, 0) is 34.9 Å². The Balaban J connectivity index is 1.43. The van der Waals surface area contributed by atoms with Crippen molar-refractivity contribution in [3.05, 3.63) is 71.3 Å². The summed E-state index contributed by atoms with van der Waals surface area (Å²) in [5.74, 6) is 1.34. The number of rotatable bonds is 10. The summed E-state index contributed by atoms with van der Waals surface area (Å²) in [6.07, 6.45) is 4.17. The molecule has 0 amide bonds. The van der Waals surface area contributed by atoms with E-state index in [4.69, 9.17) is 9.47 Å². The van der Waals surface area contributed by atoms with Crippen molar-refractivity contribution in [3.63, 3.8) is 0 Å². The monoisotopic (exact) mass is 467 g/mol. The largest absolute Gasteiger partial charge is 0.465 e. The summed E-state index contributed by atoms with van der Waals surface area (Å²) in [4.78, 5) is 18.2. The van der Waals surface area contributed by atoms with Gasteiger partial charge in [-0.1, -0.05) is 30.0 Å². The smallest absolute Gasteiger partial charge is 0.337 e. The molecule has 0 saturated carbocycles. The highest BCUT2D eigenvalue weighted by atomic mass is 32.2. The number of pyridine rings is 1. The molecule has 3 heterocycles. The molecule has 8 nitrogen and oxygen atoms in total. The molecule has 33 heavy (non-hydrogen) atoms. The topological polar surface area (TPSA) is 82.4 Å². The maximum Gasteiger partial charge on any atom is 0.337 e. The Labute approximate surface area is 198 Å². The van der Waals surface area contributed by atoms with Crippen LogP contribution in [0.1, 0.15) is 40.3 Å². The molecule has 0 spiro atoms. The van der Waals surface area contributed by atoms with Gasteiger partial charge in [0.05, 0.1) is 37.6 Å². The lowest BCUT2D eigenvalue weighted by Crippen LogP contribution is -2.23. The van der Waals surface area contributed by atoms with Crippen molar-refractivity contribution in [2.24, 2.45) is 0 Å². The van der Waals surface area contributed by atoms with E-state index in [-0.39, 0.29) is 12.1 Å². The van der Waals surface area contributed by atoms with Crippen LogP contribution < -0.4 is 0 Å². The van der Waals surface area contributed by atoms with Crippen molar-refractivity contribution in [2.45, 2.75) is 49.5 Å². The number of benzene rings is 1. The van der Waals surface area contributed by atoms with Crippen molar-refractivity contribution in [2.75, 3.05) is 20.8 Å². The Kier molecular flexibility index (Phi) is 8.09. The van der Waals surface area contributed by atoms with Crippen LogP contribution in [0.5, 0.6) is 0 Å². The van der Waals surface area contributed by atoms with E-state index < -0.39 is 0 Å². The van der Waals surface area contributed by atoms with Crippen LogP contribution in [0, 0.1) is 0 Å². The second-order valence-corrected chi connectivity index (χ2v) is 9.06. The fourth-order valence-corrected chi connectivity index (χ4v) is 4.70. The zero-order chi connectivity index (χ0) is 23.0. The summed E-state index contributed by atoms with van der Waals surface area (Å²) < 4.78 is 12.9. The van der Waals surface area contributed by atoms with E-state index >= 15 is 0 Å². The minimum atomic E-state index is -0.326. The highest BCUT2D eigenvalue weighted by Crippen LogP contribution is 2.24. The first-order chi connectivity index (χ1) is 16.1. The molecule has 4 rings (SSSR count). The van der Waals surface area contributed by atoms with Crippen LogP contribution in [0.2, 0.25) is 0 Å². The number of hydrogen-bond acceptors (Lipinski definition) is 8. The van der Waals surface area contributed by atoms with Gasteiger partial charge in [0.25, 0.3) is 0 Å². The molecule has 9 heteroatoms. The van der Waals surface area contributed by atoms with E-state index in [9.17, 15) is 4.79 Å². The van der Waals surface area contributed by atoms with Crippen molar-refractivity contribution >= 4 is 17.7 Å². The number of hydrogen-bond donors (Lipinski definition) is 0. The SMILES string of the molecule is COC(=O)c1ccc(CN(C)Cc2nnc(SCc3ccccn3)n2C[C@@H]2CCCO2)cc1. The molecular weight excluding hydrogens is 438 g/mol. The molecule has 0 N–H and O–H groups in total. The lowest BCUT2D eigenvalue weighted by Gasteiger charge is -2.19. The summed E-state index contributed by atoms with van der Waals surface area (Å²) in [5.41, 5.74) is 2.68. The number of carbonyl (C=O) groups is 1. The standard InChI is InChI=1S/C24H29N5O3S/c1-28(14-18-8-10-19(11-9-18)23(30)31-2)16-22-26-27-24(29(22)15-21-7-5-13-32-21)33-17-20-6-3-4-12-25-20/h3-4,6,8-12,21H,5,7,13-17H2,1-2H3/t21-/m0/s1. The van der Waals surface area contributed by atoms with Crippen LogP contribution >= 0.6 is 11.8 Å².